The number of hydrogen-bond donors (Lipinski definition) is 1. The van der Waals surface area contributed by atoms with Gasteiger partial charge in [0.05, 0.1) is 6.20 Å². The molecule has 1 aromatic heterocycles. The molecule has 3 aromatic carbocycles. The molecule has 35 heavy (non-hydrogen) atoms. The van der Waals surface area contributed by atoms with Gasteiger partial charge in [-0.15, -0.1) is 0 Å². The fourth-order valence-electron chi connectivity index (χ4n) is 3.62. The number of rotatable bonds is 7. The van der Waals surface area contributed by atoms with Crippen LogP contribution in [-0.2, 0) is 11.2 Å². The Morgan fingerprint density at radius 2 is 1.51 bits per heavy atom. The number of halogens is 2. The SMILES string of the molecule is CCc1ccc(N(C(=O)c2cnccn2)[C@@H](C(=O)Nc2ccc(F)cc2)c2ccc(F)cc2)cc1. The average molecular weight is 472 g/mol. The molecule has 0 radical (unpaired) electrons. The van der Waals surface area contributed by atoms with Gasteiger partial charge in [0.2, 0.25) is 0 Å². The van der Waals surface area contributed by atoms with Gasteiger partial charge in [-0.05, 0) is 66.1 Å². The van der Waals surface area contributed by atoms with Crippen LogP contribution in [-0.4, -0.2) is 21.8 Å². The molecule has 0 fully saturated rings. The Bertz CT molecular complexity index is 1300. The highest BCUT2D eigenvalue weighted by molar-refractivity contribution is 6.11. The molecule has 4 rings (SSSR count). The Kier molecular flexibility index (Phi) is 7.21. The lowest BCUT2D eigenvalue weighted by Gasteiger charge is -2.31. The Labute approximate surface area is 201 Å². The topological polar surface area (TPSA) is 75.2 Å². The van der Waals surface area contributed by atoms with Gasteiger partial charge in [-0.1, -0.05) is 31.2 Å². The number of carbonyl (C=O) groups excluding carboxylic acids is 2. The van der Waals surface area contributed by atoms with E-state index >= 15 is 0 Å². The number of benzene rings is 3. The van der Waals surface area contributed by atoms with E-state index < -0.39 is 29.5 Å². The number of aromatic nitrogens is 2. The summed E-state index contributed by atoms with van der Waals surface area (Å²) in [5.41, 5.74) is 2.25. The summed E-state index contributed by atoms with van der Waals surface area (Å²) in [6.45, 7) is 2.01. The molecule has 0 saturated carbocycles. The van der Waals surface area contributed by atoms with E-state index in [9.17, 15) is 18.4 Å². The monoisotopic (exact) mass is 472 g/mol. The summed E-state index contributed by atoms with van der Waals surface area (Å²) < 4.78 is 27.1. The van der Waals surface area contributed by atoms with Crippen molar-refractivity contribution in [2.75, 3.05) is 10.2 Å². The number of nitrogens with one attached hydrogen (secondary N) is 1. The molecule has 0 unspecified atom stereocenters. The standard InChI is InChI=1S/C27H22F2N4O2/c1-2-18-3-13-23(14-4-18)33(27(35)24-17-30-15-16-31-24)25(19-5-7-20(28)8-6-19)26(34)32-22-11-9-21(29)10-12-22/h3-17,25H,2H2,1H3,(H,32,34)/t25-/m1/s1. The van der Waals surface area contributed by atoms with Crippen LogP contribution in [0.1, 0.15) is 34.6 Å². The van der Waals surface area contributed by atoms with Crippen molar-refractivity contribution in [2.24, 2.45) is 0 Å². The highest BCUT2D eigenvalue weighted by Crippen LogP contribution is 2.31. The molecular formula is C27H22F2N4O2. The lowest BCUT2D eigenvalue weighted by molar-refractivity contribution is -0.117. The molecule has 8 heteroatoms. The van der Waals surface area contributed by atoms with Crippen LogP contribution in [0.4, 0.5) is 20.2 Å². The molecule has 2 amide bonds. The number of carbonyl (C=O) groups is 2. The normalized spacial score (nSPS) is 11.5. The Morgan fingerprint density at radius 1 is 0.886 bits per heavy atom. The first kappa shape index (κ1) is 23.7. The fourth-order valence-corrected chi connectivity index (χ4v) is 3.62. The second-order valence-corrected chi connectivity index (χ2v) is 7.74. The van der Waals surface area contributed by atoms with E-state index in [-0.39, 0.29) is 5.69 Å². The molecule has 0 spiro atoms. The van der Waals surface area contributed by atoms with Crippen molar-refractivity contribution in [3.05, 3.63) is 120 Å². The number of anilines is 2. The first-order valence-electron chi connectivity index (χ1n) is 11.0. The minimum atomic E-state index is -1.19. The van der Waals surface area contributed by atoms with Crippen molar-refractivity contribution in [1.29, 1.82) is 0 Å². The molecule has 6 nitrogen and oxygen atoms in total. The maximum atomic E-state index is 13.7. The van der Waals surface area contributed by atoms with Gasteiger partial charge < -0.3 is 5.32 Å². The van der Waals surface area contributed by atoms with Crippen molar-refractivity contribution in [3.8, 4) is 0 Å². The minimum Gasteiger partial charge on any atom is -0.324 e. The highest BCUT2D eigenvalue weighted by Gasteiger charge is 2.34. The third-order valence-electron chi connectivity index (χ3n) is 5.43. The van der Waals surface area contributed by atoms with Gasteiger partial charge in [0.15, 0.2) is 0 Å². The molecule has 4 aromatic rings. The van der Waals surface area contributed by atoms with Crippen molar-refractivity contribution < 1.29 is 18.4 Å². The molecule has 176 valence electrons. The number of aryl methyl sites for hydroxylation is 1. The zero-order valence-electron chi connectivity index (χ0n) is 18.9. The van der Waals surface area contributed by atoms with Crippen molar-refractivity contribution in [3.63, 3.8) is 0 Å². The van der Waals surface area contributed by atoms with E-state index in [0.29, 0.717) is 16.9 Å². The number of hydrogen-bond acceptors (Lipinski definition) is 4. The number of amides is 2. The van der Waals surface area contributed by atoms with Gasteiger partial charge in [0.1, 0.15) is 23.4 Å². The summed E-state index contributed by atoms with van der Waals surface area (Å²) in [6, 6.07) is 16.6. The molecule has 0 aliphatic carbocycles. The lowest BCUT2D eigenvalue weighted by Crippen LogP contribution is -2.42. The van der Waals surface area contributed by atoms with Crippen LogP contribution in [0, 0.1) is 11.6 Å². The third kappa shape index (κ3) is 5.55. The van der Waals surface area contributed by atoms with Gasteiger partial charge >= 0.3 is 0 Å². The van der Waals surface area contributed by atoms with E-state index in [4.69, 9.17) is 0 Å². The van der Waals surface area contributed by atoms with Gasteiger partial charge in [0, 0.05) is 23.8 Å². The maximum absolute atomic E-state index is 13.7. The van der Waals surface area contributed by atoms with Crippen molar-refractivity contribution >= 4 is 23.2 Å². The Morgan fingerprint density at radius 3 is 2.09 bits per heavy atom. The Hall–Kier alpha value is -4.46. The second-order valence-electron chi connectivity index (χ2n) is 7.74. The summed E-state index contributed by atoms with van der Waals surface area (Å²) in [5, 5.41) is 2.73. The molecule has 0 aliphatic heterocycles. The van der Waals surface area contributed by atoms with Crippen molar-refractivity contribution in [2.45, 2.75) is 19.4 Å². The van der Waals surface area contributed by atoms with Crippen molar-refractivity contribution in [1.82, 2.24) is 9.97 Å². The van der Waals surface area contributed by atoms with Crippen LogP contribution in [0.2, 0.25) is 0 Å². The summed E-state index contributed by atoms with van der Waals surface area (Å²) in [4.78, 5) is 36.7. The molecule has 0 saturated heterocycles. The van der Waals surface area contributed by atoms with E-state index in [1.54, 1.807) is 12.1 Å². The van der Waals surface area contributed by atoms with E-state index in [1.165, 1.54) is 72.0 Å². The van der Waals surface area contributed by atoms with Crippen LogP contribution in [0.15, 0.2) is 91.4 Å². The van der Waals surface area contributed by atoms with Crippen LogP contribution >= 0.6 is 0 Å². The molecule has 0 aliphatic rings. The molecule has 0 bridgehead atoms. The quantitative estimate of drug-likeness (QED) is 0.394. The lowest BCUT2D eigenvalue weighted by atomic mass is 10.0. The zero-order valence-corrected chi connectivity index (χ0v) is 18.9. The minimum absolute atomic E-state index is 0.0359. The first-order valence-corrected chi connectivity index (χ1v) is 11.0. The summed E-state index contributed by atoms with van der Waals surface area (Å²) in [5.74, 6) is -2.06. The molecule has 1 atom stereocenters. The molecule has 1 N–H and O–H groups in total. The van der Waals surface area contributed by atoms with Gasteiger partial charge in [-0.2, -0.15) is 0 Å². The van der Waals surface area contributed by atoms with Gasteiger partial charge in [-0.3, -0.25) is 19.5 Å². The van der Waals surface area contributed by atoms with Crippen LogP contribution in [0.3, 0.4) is 0 Å². The molecule has 1 heterocycles. The number of nitrogens with zero attached hydrogens (tertiary/aromatic N) is 3. The smallest absolute Gasteiger partial charge is 0.279 e. The predicted octanol–water partition coefficient (Wildman–Crippen LogP) is 5.34. The maximum Gasteiger partial charge on any atom is 0.279 e. The largest absolute Gasteiger partial charge is 0.324 e. The van der Waals surface area contributed by atoms with E-state index in [2.05, 4.69) is 15.3 Å². The Balaban J connectivity index is 1.83. The van der Waals surface area contributed by atoms with E-state index in [0.717, 1.165) is 12.0 Å². The van der Waals surface area contributed by atoms with Gasteiger partial charge in [-0.25, -0.2) is 13.8 Å². The molecular weight excluding hydrogens is 450 g/mol. The second kappa shape index (κ2) is 10.6. The van der Waals surface area contributed by atoms with Crippen LogP contribution in [0.25, 0.3) is 0 Å². The van der Waals surface area contributed by atoms with Crippen LogP contribution < -0.4 is 10.2 Å². The predicted molar refractivity (Wildman–Crippen MR) is 129 cm³/mol. The summed E-state index contributed by atoms with van der Waals surface area (Å²) in [7, 11) is 0. The fraction of sp³-hybridized carbons (Fsp3) is 0.111. The highest BCUT2D eigenvalue weighted by atomic mass is 19.1. The van der Waals surface area contributed by atoms with Crippen LogP contribution in [0.5, 0.6) is 0 Å². The summed E-state index contributed by atoms with van der Waals surface area (Å²) in [6.07, 6.45) is 4.94. The van der Waals surface area contributed by atoms with E-state index in [1.807, 2.05) is 19.1 Å². The first-order chi connectivity index (χ1) is 17.0. The average Bonchev–Trinajstić information content (AvgIpc) is 2.89. The third-order valence-corrected chi connectivity index (χ3v) is 5.43. The van der Waals surface area contributed by atoms with Gasteiger partial charge in [0.25, 0.3) is 11.8 Å². The summed E-state index contributed by atoms with van der Waals surface area (Å²) >= 11 is 0. The zero-order chi connectivity index (χ0) is 24.8.